The monoisotopic (exact) mass is 215 g/mol. The quantitative estimate of drug-likeness (QED) is 0.444. The summed E-state index contributed by atoms with van der Waals surface area (Å²) in [5.41, 5.74) is 5.36. The molecule has 0 saturated carbocycles. The van der Waals surface area contributed by atoms with Gasteiger partial charge in [0.25, 0.3) is 0 Å². The molecule has 4 nitrogen and oxygen atoms in total. The molecule has 0 heterocycles. The van der Waals surface area contributed by atoms with Gasteiger partial charge in [0.15, 0.2) is 11.5 Å². The van der Waals surface area contributed by atoms with Gasteiger partial charge in [0.2, 0.25) is 0 Å². The fraction of sp³-hybridized carbons (Fsp3) is 0.111. The van der Waals surface area contributed by atoms with E-state index >= 15 is 0 Å². The van der Waals surface area contributed by atoms with E-state index in [0.29, 0.717) is 0 Å². The first kappa shape index (κ1) is 10.7. The second kappa shape index (κ2) is 4.21. The van der Waals surface area contributed by atoms with Crippen LogP contribution >= 0.6 is 11.6 Å². The highest BCUT2D eigenvalue weighted by molar-refractivity contribution is 6.33. The molecule has 0 amide bonds. The maximum Gasteiger partial charge on any atom is 0.166 e. The summed E-state index contributed by atoms with van der Waals surface area (Å²) in [5.74, 6) is -1.10. The van der Waals surface area contributed by atoms with Gasteiger partial charge >= 0.3 is 0 Å². The second-order valence-electron chi connectivity index (χ2n) is 2.63. The van der Waals surface area contributed by atoms with Crippen LogP contribution in [0.1, 0.15) is 5.56 Å². The Balaban J connectivity index is 3.32. The number of phenols is 3. The molecule has 0 radical (unpaired) electrons. The third-order valence-corrected chi connectivity index (χ3v) is 2.05. The Kier molecular flexibility index (Phi) is 3.22. The van der Waals surface area contributed by atoms with Gasteiger partial charge in [-0.2, -0.15) is 0 Å². The lowest BCUT2D eigenvalue weighted by atomic mass is 10.1. The highest BCUT2D eigenvalue weighted by Crippen LogP contribution is 2.41. The molecule has 5 N–H and O–H groups in total. The first-order chi connectivity index (χ1) is 6.57. The average Bonchev–Trinajstić information content (AvgIpc) is 2.15. The largest absolute Gasteiger partial charge is 0.506 e. The van der Waals surface area contributed by atoms with Crippen LogP contribution in [-0.2, 0) is 0 Å². The lowest BCUT2D eigenvalue weighted by Gasteiger charge is -2.06. The summed E-state index contributed by atoms with van der Waals surface area (Å²) in [6, 6.07) is 0.970. The Morgan fingerprint density at radius 1 is 1.29 bits per heavy atom. The van der Waals surface area contributed by atoms with Gasteiger partial charge in [-0.05, 0) is 0 Å². The molecule has 0 spiro atoms. The average molecular weight is 216 g/mol. The third kappa shape index (κ3) is 1.92. The molecule has 0 aliphatic rings. The Morgan fingerprint density at radius 3 is 2.50 bits per heavy atom. The second-order valence-corrected chi connectivity index (χ2v) is 3.01. The Hall–Kier alpha value is -1.39. The van der Waals surface area contributed by atoms with Gasteiger partial charge in [-0.15, -0.1) is 0 Å². The number of hydrogen-bond acceptors (Lipinski definition) is 4. The molecule has 5 heteroatoms. The fourth-order valence-corrected chi connectivity index (χ4v) is 1.19. The summed E-state index contributed by atoms with van der Waals surface area (Å²) in [7, 11) is 0. The van der Waals surface area contributed by atoms with Crippen molar-refractivity contribution in [3.8, 4) is 17.2 Å². The summed E-state index contributed by atoms with van der Waals surface area (Å²) in [4.78, 5) is 0. The highest BCUT2D eigenvalue weighted by Gasteiger charge is 2.13. The van der Waals surface area contributed by atoms with Crippen LogP contribution in [0.2, 0.25) is 5.02 Å². The van der Waals surface area contributed by atoms with E-state index in [9.17, 15) is 15.3 Å². The van der Waals surface area contributed by atoms with E-state index < -0.39 is 5.75 Å². The van der Waals surface area contributed by atoms with Crippen molar-refractivity contribution in [2.75, 3.05) is 6.54 Å². The smallest absolute Gasteiger partial charge is 0.166 e. The van der Waals surface area contributed by atoms with Crippen LogP contribution in [0.15, 0.2) is 12.1 Å². The van der Waals surface area contributed by atoms with Crippen molar-refractivity contribution in [1.82, 2.24) is 0 Å². The molecule has 76 valence electrons. The van der Waals surface area contributed by atoms with Crippen LogP contribution in [0.5, 0.6) is 17.2 Å². The molecule has 1 aromatic rings. The zero-order valence-corrected chi connectivity index (χ0v) is 7.99. The van der Waals surface area contributed by atoms with Crippen molar-refractivity contribution < 1.29 is 15.3 Å². The van der Waals surface area contributed by atoms with Gasteiger partial charge in [0.05, 0.1) is 5.02 Å². The Labute approximate surface area is 85.9 Å². The molecule has 0 atom stereocenters. The predicted octanol–water partition coefficient (Wildman–Crippen LogP) is 1.43. The summed E-state index contributed by atoms with van der Waals surface area (Å²) in [6.07, 6.45) is 2.97. The highest BCUT2D eigenvalue weighted by atomic mass is 35.5. The number of aromatic hydroxyl groups is 3. The maximum atomic E-state index is 9.39. The van der Waals surface area contributed by atoms with Crippen LogP contribution in [0.4, 0.5) is 0 Å². The first-order valence-corrected chi connectivity index (χ1v) is 4.25. The number of rotatable bonds is 2. The van der Waals surface area contributed by atoms with Gasteiger partial charge in [-0.1, -0.05) is 23.8 Å². The summed E-state index contributed by atoms with van der Waals surface area (Å²) >= 11 is 5.69. The number of nitrogens with two attached hydrogens (primary N) is 1. The predicted molar refractivity (Wildman–Crippen MR) is 54.5 cm³/mol. The molecule has 1 aromatic carbocycles. The van der Waals surface area contributed by atoms with Crippen molar-refractivity contribution in [1.29, 1.82) is 0 Å². The number of halogens is 1. The topological polar surface area (TPSA) is 86.7 Å². The fourth-order valence-electron chi connectivity index (χ4n) is 0.979. The van der Waals surface area contributed by atoms with E-state index in [1.165, 1.54) is 6.08 Å². The molecule has 0 fully saturated rings. The van der Waals surface area contributed by atoms with Gasteiger partial charge in [0.1, 0.15) is 5.75 Å². The lowest BCUT2D eigenvalue weighted by molar-refractivity contribution is 0.395. The van der Waals surface area contributed by atoms with E-state index in [-0.39, 0.29) is 28.6 Å². The van der Waals surface area contributed by atoms with Crippen LogP contribution in [0.25, 0.3) is 6.08 Å². The molecule has 0 aliphatic carbocycles. The van der Waals surface area contributed by atoms with E-state index in [4.69, 9.17) is 17.3 Å². The van der Waals surface area contributed by atoms with Crippen LogP contribution in [-0.4, -0.2) is 21.9 Å². The Morgan fingerprint density at radius 2 is 1.93 bits per heavy atom. The number of benzene rings is 1. The normalized spacial score (nSPS) is 11.0. The van der Waals surface area contributed by atoms with Crippen LogP contribution in [0.3, 0.4) is 0 Å². The van der Waals surface area contributed by atoms with Gasteiger partial charge in [-0.3, -0.25) is 0 Å². The molecular formula is C9H10ClNO3. The maximum absolute atomic E-state index is 9.39. The molecule has 0 aliphatic heterocycles. The van der Waals surface area contributed by atoms with Crippen molar-refractivity contribution >= 4 is 17.7 Å². The first-order valence-electron chi connectivity index (χ1n) is 3.88. The minimum absolute atomic E-state index is 0.0231. The molecule has 0 bridgehead atoms. The van der Waals surface area contributed by atoms with Crippen molar-refractivity contribution in [3.05, 3.63) is 22.7 Å². The minimum atomic E-state index is -0.427. The van der Waals surface area contributed by atoms with Gasteiger partial charge in [0, 0.05) is 18.2 Å². The molecule has 14 heavy (non-hydrogen) atoms. The van der Waals surface area contributed by atoms with Crippen molar-refractivity contribution in [2.45, 2.75) is 0 Å². The zero-order valence-electron chi connectivity index (χ0n) is 7.24. The molecule has 0 unspecified atom stereocenters. The van der Waals surface area contributed by atoms with Crippen molar-refractivity contribution in [2.24, 2.45) is 5.73 Å². The third-order valence-electron chi connectivity index (χ3n) is 1.65. The minimum Gasteiger partial charge on any atom is -0.506 e. The summed E-state index contributed by atoms with van der Waals surface area (Å²) in [5, 5.41) is 27.8. The van der Waals surface area contributed by atoms with E-state index in [1.807, 2.05) is 0 Å². The molecular weight excluding hydrogens is 206 g/mol. The van der Waals surface area contributed by atoms with Crippen molar-refractivity contribution in [3.63, 3.8) is 0 Å². The summed E-state index contributed by atoms with van der Waals surface area (Å²) < 4.78 is 0. The van der Waals surface area contributed by atoms with Gasteiger partial charge in [-0.25, -0.2) is 0 Å². The van der Waals surface area contributed by atoms with Crippen LogP contribution in [0, 0.1) is 0 Å². The Bertz CT molecular complexity index is 351. The summed E-state index contributed by atoms with van der Waals surface area (Å²) in [6.45, 7) is 0.270. The van der Waals surface area contributed by atoms with E-state index in [2.05, 4.69) is 0 Å². The number of phenolic OH excluding ortho intramolecular Hbond substituents is 3. The standard InChI is InChI=1S/C9H10ClNO3/c10-8-5(2-1-3-11)9(14)7(13)4-6(8)12/h1-2,4,12-14H,3,11H2/b2-1+. The SMILES string of the molecule is NC/C=C/c1c(O)c(O)cc(O)c1Cl. The number of hydrogen-bond donors (Lipinski definition) is 4. The van der Waals surface area contributed by atoms with Crippen LogP contribution < -0.4 is 5.73 Å². The zero-order chi connectivity index (χ0) is 10.7. The lowest BCUT2D eigenvalue weighted by Crippen LogP contribution is -1.92. The molecule has 1 rings (SSSR count). The molecule has 0 aromatic heterocycles. The van der Waals surface area contributed by atoms with E-state index in [1.54, 1.807) is 6.08 Å². The van der Waals surface area contributed by atoms with Gasteiger partial charge < -0.3 is 21.1 Å². The molecule has 0 saturated heterocycles. The van der Waals surface area contributed by atoms with E-state index in [0.717, 1.165) is 6.07 Å².